The second-order valence-corrected chi connectivity index (χ2v) is 3.23. The van der Waals surface area contributed by atoms with Crippen molar-refractivity contribution in [3.63, 3.8) is 0 Å². The summed E-state index contributed by atoms with van der Waals surface area (Å²) in [6.07, 6.45) is 2.04. The molecule has 0 aliphatic heterocycles. The van der Waals surface area contributed by atoms with Crippen molar-refractivity contribution >= 4 is 11.9 Å². The average Bonchev–Trinajstić information content (AvgIpc) is 2.92. The molecule has 0 spiro atoms. The highest BCUT2D eigenvalue weighted by atomic mass is 16.6. The zero-order valence-corrected chi connectivity index (χ0v) is 8.41. The van der Waals surface area contributed by atoms with Crippen LogP contribution in [0.3, 0.4) is 0 Å². The monoisotopic (exact) mass is 198 g/mol. The smallest absolute Gasteiger partial charge is 0.324 e. The summed E-state index contributed by atoms with van der Waals surface area (Å²) in [6.45, 7) is 5.53. The van der Waals surface area contributed by atoms with E-state index in [9.17, 15) is 9.59 Å². The van der Waals surface area contributed by atoms with Gasteiger partial charge in [-0.1, -0.05) is 6.08 Å². The van der Waals surface area contributed by atoms with Gasteiger partial charge >= 0.3 is 11.9 Å². The molecule has 4 heteroatoms. The van der Waals surface area contributed by atoms with Gasteiger partial charge in [0.1, 0.15) is 0 Å². The number of allylic oxidation sites excluding steroid dienone is 1. The van der Waals surface area contributed by atoms with Gasteiger partial charge in [0.25, 0.3) is 0 Å². The Morgan fingerprint density at radius 3 is 2.57 bits per heavy atom. The summed E-state index contributed by atoms with van der Waals surface area (Å²) in [5.74, 6) is -1.17. The molecule has 14 heavy (non-hydrogen) atoms. The first-order valence-corrected chi connectivity index (χ1v) is 4.51. The van der Waals surface area contributed by atoms with E-state index < -0.39 is 17.4 Å². The summed E-state index contributed by atoms with van der Waals surface area (Å²) in [6, 6.07) is 0. The Kier molecular flexibility index (Phi) is 2.93. The summed E-state index contributed by atoms with van der Waals surface area (Å²) in [5, 5.41) is 0. The van der Waals surface area contributed by atoms with Crippen molar-refractivity contribution in [2.24, 2.45) is 11.3 Å². The third-order valence-electron chi connectivity index (χ3n) is 2.49. The van der Waals surface area contributed by atoms with Crippen molar-refractivity contribution < 1.29 is 19.1 Å². The Morgan fingerprint density at radius 1 is 1.57 bits per heavy atom. The molecular weight excluding hydrogens is 184 g/mol. The molecule has 0 bridgehead atoms. The lowest BCUT2D eigenvalue weighted by atomic mass is 10.0. The molecule has 0 aromatic rings. The highest BCUT2D eigenvalue weighted by molar-refractivity contribution is 6.04. The van der Waals surface area contributed by atoms with Gasteiger partial charge in [-0.2, -0.15) is 0 Å². The van der Waals surface area contributed by atoms with Gasteiger partial charge in [0.05, 0.1) is 13.7 Å². The van der Waals surface area contributed by atoms with E-state index in [4.69, 9.17) is 4.74 Å². The predicted octanol–water partition coefficient (Wildman–Crippen LogP) is 0.915. The van der Waals surface area contributed by atoms with Gasteiger partial charge in [-0.25, -0.2) is 0 Å². The summed E-state index contributed by atoms with van der Waals surface area (Å²) < 4.78 is 9.43. The number of carbonyl (C=O) groups is 2. The number of hydrogen-bond acceptors (Lipinski definition) is 4. The van der Waals surface area contributed by atoms with Crippen LogP contribution < -0.4 is 0 Å². The highest BCUT2D eigenvalue weighted by Gasteiger charge is 2.66. The van der Waals surface area contributed by atoms with Crippen molar-refractivity contribution in [1.82, 2.24) is 0 Å². The summed E-state index contributed by atoms with van der Waals surface area (Å²) in [7, 11) is 1.27. The van der Waals surface area contributed by atoms with E-state index in [1.165, 1.54) is 7.11 Å². The van der Waals surface area contributed by atoms with Crippen molar-refractivity contribution in [3.05, 3.63) is 12.7 Å². The molecule has 1 aliphatic rings. The van der Waals surface area contributed by atoms with E-state index >= 15 is 0 Å². The molecule has 0 saturated heterocycles. The maximum Gasteiger partial charge on any atom is 0.324 e. The first-order valence-electron chi connectivity index (χ1n) is 4.51. The Bertz CT molecular complexity index is 271. The van der Waals surface area contributed by atoms with Crippen LogP contribution in [0.15, 0.2) is 12.7 Å². The van der Waals surface area contributed by atoms with Crippen LogP contribution in [0.4, 0.5) is 0 Å². The number of rotatable bonds is 4. The zero-order valence-electron chi connectivity index (χ0n) is 8.41. The van der Waals surface area contributed by atoms with E-state index in [1.54, 1.807) is 13.0 Å². The van der Waals surface area contributed by atoms with Crippen molar-refractivity contribution in [2.75, 3.05) is 13.7 Å². The van der Waals surface area contributed by atoms with E-state index in [2.05, 4.69) is 11.3 Å². The van der Waals surface area contributed by atoms with Gasteiger partial charge < -0.3 is 9.47 Å². The number of carbonyl (C=O) groups excluding carboxylic acids is 2. The summed E-state index contributed by atoms with van der Waals surface area (Å²) in [4.78, 5) is 22.9. The van der Waals surface area contributed by atoms with Gasteiger partial charge in [0.2, 0.25) is 0 Å². The Balaban J connectivity index is 2.80. The number of methoxy groups -OCH3 is 1. The van der Waals surface area contributed by atoms with Gasteiger partial charge in [-0.05, 0) is 13.3 Å². The third-order valence-corrected chi connectivity index (χ3v) is 2.49. The third kappa shape index (κ3) is 1.41. The number of esters is 2. The van der Waals surface area contributed by atoms with Crippen LogP contribution in [0.1, 0.15) is 13.3 Å². The second-order valence-electron chi connectivity index (χ2n) is 3.23. The Hall–Kier alpha value is -1.32. The summed E-state index contributed by atoms with van der Waals surface area (Å²) in [5.41, 5.74) is -1.10. The maximum atomic E-state index is 11.5. The molecule has 1 aliphatic carbocycles. The molecule has 0 aromatic heterocycles. The molecule has 1 fully saturated rings. The minimum atomic E-state index is -1.10. The van der Waals surface area contributed by atoms with Crippen molar-refractivity contribution in [1.29, 1.82) is 0 Å². The lowest BCUT2D eigenvalue weighted by Crippen LogP contribution is -2.30. The molecule has 0 unspecified atom stereocenters. The average molecular weight is 198 g/mol. The van der Waals surface area contributed by atoms with Gasteiger partial charge in [0.15, 0.2) is 5.41 Å². The summed E-state index contributed by atoms with van der Waals surface area (Å²) >= 11 is 0. The van der Waals surface area contributed by atoms with Crippen molar-refractivity contribution in [3.8, 4) is 0 Å². The Morgan fingerprint density at radius 2 is 2.21 bits per heavy atom. The van der Waals surface area contributed by atoms with Crippen LogP contribution in [-0.2, 0) is 19.1 Å². The molecule has 0 heterocycles. The standard InChI is InChI=1S/C10H14O4/c1-4-7-6-10(7,8(11)13-3)9(12)14-5-2/h4,7H,1,5-6H2,2-3H3/t7-,10+/m1/s1. The highest BCUT2D eigenvalue weighted by Crippen LogP contribution is 2.55. The van der Waals surface area contributed by atoms with E-state index in [-0.39, 0.29) is 12.5 Å². The lowest BCUT2D eigenvalue weighted by Gasteiger charge is -2.11. The molecule has 0 N–H and O–H groups in total. The minimum Gasteiger partial charge on any atom is -0.468 e. The predicted molar refractivity (Wildman–Crippen MR) is 49.4 cm³/mol. The molecular formula is C10H14O4. The quantitative estimate of drug-likeness (QED) is 0.383. The fourth-order valence-corrected chi connectivity index (χ4v) is 1.57. The maximum absolute atomic E-state index is 11.5. The zero-order chi connectivity index (χ0) is 10.8. The fourth-order valence-electron chi connectivity index (χ4n) is 1.57. The largest absolute Gasteiger partial charge is 0.468 e. The molecule has 1 saturated carbocycles. The number of hydrogen-bond donors (Lipinski definition) is 0. The molecule has 4 nitrogen and oxygen atoms in total. The molecule has 2 atom stereocenters. The number of ether oxygens (including phenoxy) is 2. The second kappa shape index (κ2) is 3.82. The van der Waals surface area contributed by atoms with Gasteiger partial charge in [-0.3, -0.25) is 9.59 Å². The normalized spacial score (nSPS) is 29.1. The molecule has 0 aromatic carbocycles. The van der Waals surface area contributed by atoms with Gasteiger partial charge in [-0.15, -0.1) is 6.58 Å². The fraction of sp³-hybridized carbons (Fsp3) is 0.600. The first-order chi connectivity index (χ1) is 6.63. The van der Waals surface area contributed by atoms with Crippen LogP contribution in [0, 0.1) is 11.3 Å². The van der Waals surface area contributed by atoms with E-state index in [1.807, 2.05) is 0 Å². The van der Waals surface area contributed by atoms with E-state index in [0.29, 0.717) is 6.42 Å². The van der Waals surface area contributed by atoms with Crippen LogP contribution in [-0.4, -0.2) is 25.7 Å². The SMILES string of the molecule is C=C[C@@H]1C[C@]1(C(=O)OC)C(=O)OCC. The molecule has 1 rings (SSSR count). The Labute approximate surface area is 82.9 Å². The lowest BCUT2D eigenvalue weighted by molar-refractivity contribution is -0.163. The van der Waals surface area contributed by atoms with Crippen LogP contribution >= 0.6 is 0 Å². The topological polar surface area (TPSA) is 52.6 Å². The van der Waals surface area contributed by atoms with Crippen molar-refractivity contribution in [2.45, 2.75) is 13.3 Å². The molecule has 0 amide bonds. The molecule has 78 valence electrons. The van der Waals surface area contributed by atoms with Gasteiger partial charge in [0, 0.05) is 5.92 Å². The van der Waals surface area contributed by atoms with Crippen LogP contribution in [0.25, 0.3) is 0 Å². The van der Waals surface area contributed by atoms with Crippen LogP contribution in [0.2, 0.25) is 0 Å². The first kappa shape index (κ1) is 10.8. The van der Waals surface area contributed by atoms with Crippen LogP contribution in [0.5, 0.6) is 0 Å². The minimum absolute atomic E-state index is 0.144. The van der Waals surface area contributed by atoms with E-state index in [0.717, 1.165) is 0 Å². The molecule has 0 radical (unpaired) electrons.